The first-order valence-corrected chi connectivity index (χ1v) is 5.96. The van der Waals surface area contributed by atoms with Gasteiger partial charge >= 0.3 is 0 Å². The molecule has 2 rings (SSSR count). The van der Waals surface area contributed by atoms with E-state index in [1.54, 1.807) is 18.2 Å². The standard InChI is InChI=1S/C13H9BrFNO2/c1-8-3-2-4-12(16-8)18-11-6-5-10(14)9(7-17)13(11)15/h2-7H,1H3. The highest BCUT2D eigenvalue weighted by atomic mass is 79.9. The van der Waals surface area contributed by atoms with E-state index < -0.39 is 5.82 Å². The number of aryl methyl sites for hydroxylation is 1. The van der Waals surface area contributed by atoms with Crippen molar-refractivity contribution in [3.05, 3.63) is 51.9 Å². The number of halogens is 2. The molecule has 0 bridgehead atoms. The molecule has 1 aromatic heterocycles. The Labute approximate surface area is 112 Å². The maximum absolute atomic E-state index is 13.9. The number of rotatable bonds is 3. The fourth-order valence-electron chi connectivity index (χ4n) is 1.42. The summed E-state index contributed by atoms with van der Waals surface area (Å²) in [7, 11) is 0. The van der Waals surface area contributed by atoms with E-state index in [-0.39, 0.29) is 17.2 Å². The van der Waals surface area contributed by atoms with Gasteiger partial charge in [0.1, 0.15) is 0 Å². The second kappa shape index (κ2) is 5.27. The number of ether oxygens (including phenoxy) is 1. The first-order chi connectivity index (χ1) is 8.61. The number of carbonyl (C=O) groups is 1. The van der Waals surface area contributed by atoms with Crippen LogP contribution in [0.3, 0.4) is 0 Å². The van der Waals surface area contributed by atoms with Crippen LogP contribution in [0.1, 0.15) is 16.1 Å². The van der Waals surface area contributed by atoms with Gasteiger partial charge in [-0.05, 0) is 41.1 Å². The number of aromatic nitrogens is 1. The average Bonchev–Trinajstić information content (AvgIpc) is 2.34. The largest absolute Gasteiger partial charge is 0.436 e. The van der Waals surface area contributed by atoms with Crippen LogP contribution in [0.15, 0.2) is 34.8 Å². The van der Waals surface area contributed by atoms with Crippen LogP contribution >= 0.6 is 15.9 Å². The maximum Gasteiger partial charge on any atom is 0.219 e. The highest BCUT2D eigenvalue weighted by Gasteiger charge is 2.13. The summed E-state index contributed by atoms with van der Waals surface area (Å²) in [5, 5.41) is 0. The number of carbonyl (C=O) groups excluding carboxylic acids is 1. The highest BCUT2D eigenvalue weighted by Crippen LogP contribution is 2.29. The van der Waals surface area contributed by atoms with Crippen LogP contribution in [0.2, 0.25) is 0 Å². The van der Waals surface area contributed by atoms with Crippen molar-refractivity contribution in [2.24, 2.45) is 0 Å². The zero-order valence-corrected chi connectivity index (χ0v) is 11.1. The third-order valence-electron chi connectivity index (χ3n) is 2.29. The van der Waals surface area contributed by atoms with Gasteiger partial charge in [-0.1, -0.05) is 6.07 Å². The second-order valence-electron chi connectivity index (χ2n) is 3.61. The molecule has 1 aromatic carbocycles. The third-order valence-corrected chi connectivity index (χ3v) is 2.98. The normalized spacial score (nSPS) is 10.2. The van der Waals surface area contributed by atoms with E-state index in [9.17, 15) is 9.18 Å². The zero-order chi connectivity index (χ0) is 13.1. The van der Waals surface area contributed by atoms with Crippen LogP contribution in [0.25, 0.3) is 0 Å². The van der Waals surface area contributed by atoms with E-state index in [1.807, 2.05) is 13.0 Å². The first-order valence-electron chi connectivity index (χ1n) is 5.16. The molecule has 0 spiro atoms. The minimum absolute atomic E-state index is 0.0293. The van der Waals surface area contributed by atoms with Crippen molar-refractivity contribution in [1.82, 2.24) is 4.98 Å². The number of hydrogen-bond acceptors (Lipinski definition) is 3. The van der Waals surface area contributed by atoms with Crippen LogP contribution in [0.4, 0.5) is 4.39 Å². The Bertz CT molecular complexity index is 602. The molecule has 0 fully saturated rings. The van der Waals surface area contributed by atoms with Crippen molar-refractivity contribution in [3.8, 4) is 11.6 Å². The lowest BCUT2D eigenvalue weighted by Crippen LogP contribution is -1.96. The van der Waals surface area contributed by atoms with E-state index in [1.165, 1.54) is 6.07 Å². The molecular formula is C13H9BrFNO2. The molecule has 18 heavy (non-hydrogen) atoms. The molecular weight excluding hydrogens is 301 g/mol. The SMILES string of the molecule is Cc1cccc(Oc2ccc(Br)c(C=O)c2F)n1. The van der Waals surface area contributed by atoms with E-state index in [0.29, 0.717) is 10.8 Å². The summed E-state index contributed by atoms with van der Waals surface area (Å²) >= 11 is 3.10. The Morgan fingerprint density at radius 1 is 1.33 bits per heavy atom. The molecule has 0 atom stereocenters. The van der Waals surface area contributed by atoms with Crippen molar-refractivity contribution in [3.63, 3.8) is 0 Å². The van der Waals surface area contributed by atoms with Gasteiger partial charge in [0, 0.05) is 16.2 Å². The summed E-state index contributed by atoms with van der Waals surface area (Å²) in [6.07, 6.45) is 0.440. The van der Waals surface area contributed by atoms with Gasteiger partial charge in [0.05, 0.1) is 5.56 Å². The van der Waals surface area contributed by atoms with Gasteiger partial charge in [-0.25, -0.2) is 9.37 Å². The number of hydrogen-bond donors (Lipinski definition) is 0. The topological polar surface area (TPSA) is 39.2 Å². The summed E-state index contributed by atoms with van der Waals surface area (Å²) in [5.74, 6) is -0.450. The molecule has 0 unspecified atom stereocenters. The van der Waals surface area contributed by atoms with Crippen molar-refractivity contribution in [1.29, 1.82) is 0 Å². The molecule has 0 saturated carbocycles. The molecule has 0 aliphatic carbocycles. The third kappa shape index (κ3) is 2.56. The lowest BCUT2D eigenvalue weighted by atomic mass is 10.2. The van der Waals surface area contributed by atoms with Crippen LogP contribution in [-0.2, 0) is 0 Å². The van der Waals surface area contributed by atoms with Gasteiger partial charge in [0.15, 0.2) is 17.9 Å². The molecule has 2 aromatic rings. The second-order valence-corrected chi connectivity index (χ2v) is 4.46. The van der Waals surface area contributed by atoms with Gasteiger partial charge in [-0.3, -0.25) is 4.79 Å². The lowest BCUT2D eigenvalue weighted by molar-refractivity contribution is 0.111. The monoisotopic (exact) mass is 309 g/mol. The van der Waals surface area contributed by atoms with Gasteiger partial charge in [0.25, 0.3) is 0 Å². The number of aldehydes is 1. The Balaban J connectivity index is 2.38. The van der Waals surface area contributed by atoms with Crippen LogP contribution in [0.5, 0.6) is 11.6 Å². The summed E-state index contributed by atoms with van der Waals surface area (Å²) in [4.78, 5) is 14.9. The fraction of sp³-hybridized carbons (Fsp3) is 0.0769. The van der Waals surface area contributed by atoms with Gasteiger partial charge < -0.3 is 4.74 Å². The van der Waals surface area contributed by atoms with Crippen molar-refractivity contribution >= 4 is 22.2 Å². The first kappa shape index (κ1) is 12.7. The molecule has 0 aliphatic rings. The number of nitrogens with zero attached hydrogens (tertiary/aromatic N) is 1. The Morgan fingerprint density at radius 2 is 2.11 bits per heavy atom. The van der Waals surface area contributed by atoms with Crippen molar-refractivity contribution < 1.29 is 13.9 Å². The summed E-state index contributed by atoms with van der Waals surface area (Å²) in [6.45, 7) is 1.81. The summed E-state index contributed by atoms with van der Waals surface area (Å²) in [6, 6.07) is 8.18. The van der Waals surface area contributed by atoms with Crippen LogP contribution in [0, 0.1) is 12.7 Å². The van der Waals surface area contributed by atoms with E-state index in [0.717, 1.165) is 5.69 Å². The molecule has 0 amide bonds. The smallest absolute Gasteiger partial charge is 0.219 e. The van der Waals surface area contributed by atoms with Gasteiger partial charge in [0.2, 0.25) is 5.88 Å². The Kier molecular flexibility index (Phi) is 3.72. The lowest BCUT2D eigenvalue weighted by Gasteiger charge is -2.08. The van der Waals surface area contributed by atoms with Crippen molar-refractivity contribution in [2.45, 2.75) is 6.92 Å². The molecule has 0 aliphatic heterocycles. The van der Waals surface area contributed by atoms with Crippen LogP contribution in [-0.4, -0.2) is 11.3 Å². The summed E-state index contributed by atoms with van der Waals surface area (Å²) < 4.78 is 19.6. The molecule has 0 N–H and O–H groups in total. The van der Waals surface area contributed by atoms with Crippen LogP contribution < -0.4 is 4.74 Å². The highest BCUT2D eigenvalue weighted by molar-refractivity contribution is 9.10. The Morgan fingerprint density at radius 3 is 2.78 bits per heavy atom. The van der Waals surface area contributed by atoms with E-state index >= 15 is 0 Å². The quantitative estimate of drug-likeness (QED) is 0.807. The van der Waals surface area contributed by atoms with Gasteiger partial charge in [-0.15, -0.1) is 0 Å². The summed E-state index contributed by atoms with van der Waals surface area (Å²) in [5.41, 5.74) is 0.695. The van der Waals surface area contributed by atoms with E-state index in [4.69, 9.17) is 4.74 Å². The number of benzene rings is 1. The molecule has 92 valence electrons. The predicted molar refractivity (Wildman–Crippen MR) is 68.5 cm³/mol. The fourth-order valence-corrected chi connectivity index (χ4v) is 1.82. The number of pyridine rings is 1. The minimum atomic E-state index is -0.706. The average molecular weight is 310 g/mol. The Hall–Kier alpha value is -1.75. The van der Waals surface area contributed by atoms with Gasteiger partial charge in [-0.2, -0.15) is 0 Å². The molecule has 0 radical (unpaired) electrons. The minimum Gasteiger partial charge on any atom is -0.436 e. The predicted octanol–water partition coefficient (Wildman–Crippen LogP) is 3.90. The molecule has 0 saturated heterocycles. The maximum atomic E-state index is 13.9. The molecule has 5 heteroatoms. The van der Waals surface area contributed by atoms with E-state index in [2.05, 4.69) is 20.9 Å². The molecule has 1 heterocycles. The van der Waals surface area contributed by atoms with Crippen molar-refractivity contribution in [2.75, 3.05) is 0 Å². The molecule has 3 nitrogen and oxygen atoms in total. The zero-order valence-electron chi connectivity index (χ0n) is 9.48.